The molecule has 0 aromatic heterocycles. The molecule has 0 spiro atoms. The molecule has 108 valence electrons. The van der Waals surface area contributed by atoms with E-state index in [2.05, 4.69) is 12.2 Å². The van der Waals surface area contributed by atoms with Crippen LogP contribution in [0.2, 0.25) is 0 Å². The summed E-state index contributed by atoms with van der Waals surface area (Å²) in [5.74, 6) is -0.0143. The number of hydrogen-bond acceptors (Lipinski definition) is 4. The van der Waals surface area contributed by atoms with Gasteiger partial charge < -0.3 is 4.74 Å². The summed E-state index contributed by atoms with van der Waals surface area (Å²) in [6, 6.07) is -0.617. The van der Waals surface area contributed by atoms with Gasteiger partial charge >= 0.3 is 5.97 Å². The van der Waals surface area contributed by atoms with Gasteiger partial charge in [-0.15, -0.1) is 0 Å². The maximum Gasteiger partial charge on any atom is 0.324 e. The number of sulfonamides is 1. The van der Waals surface area contributed by atoms with Crippen LogP contribution in [0, 0.1) is 5.92 Å². The summed E-state index contributed by atoms with van der Waals surface area (Å²) in [5, 5.41) is 0. The Morgan fingerprint density at radius 2 is 2.16 bits per heavy atom. The van der Waals surface area contributed by atoms with Gasteiger partial charge in [0.15, 0.2) is 0 Å². The number of carbonyl (C=O) groups excluding carboxylic acids is 1. The fourth-order valence-electron chi connectivity index (χ4n) is 2.68. The van der Waals surface area contributed by atoms with Gasteiger partial charge in [-0.25, -0.2) is 8.42 Å². The molecule has 0 amide bonds. The van der Waals surface area contributed by atoms with Crippen molar-refractivity contribution in [2.75, 3.05) is 19.4 Å². The van der Waals surface area contributed by atoms with Crippen LogP contribution in [0.5, 0.6) is 0 Å². The Kier molecular flexibility index (Phi) is 4.62. The Bertz CT molecular complexity index is 457. The Labute approximate surface area is 114 Å². The van der Waals surface area contributed by atoms with E-state index < -0.39 is 22.0 Å². The maximum atomic E-state index is 12.0. The van der Waals surface area contributed by atoms with E-state index in [1.54, 1.807) is 0 Å². The zero-order valence-electron chi connectivity index (χ0n) is 11.2. The number of hydrogen-bond donors (Lipinski definition) is 0. The molecule has 0 bridgehead atoms. The van der Waals surface area contributed by atoms with Crippen LogP contribution in [-0.4, -0.2) is 44.1 Å². The smallest absolute Gasteiger partial charge is 0.324 e. The van der Waals surface area contributed by atoms with Crippen LogP contribution in [0.25, 0.3) is 0 Å². The highest BCUT2D eigenvalue weighted by Crippen LogP contribution is 2.23. The van der Waals surface area contributed by atoms with Crippen molar-refractivity contribution >= 4 is 16.0 Å². The van der Waals surface area contributed by atoms with Gasteiger partial charge in [-0.1, -0.05) is 12.2 Å². The van der Waals surface area contributed by atoms with Crippen LogP contribution >= 0.6 is 0 Å². The van der Waals surface area contributed by atoms with Crippen LogP contribution in [0.1, 0.15) is 32.1 Å². The van der Waals surface area contributed by atoms with Crippen LogP contribution in [0.3, 0.4) is 0 Å². The second-order valence-electron chi connectivity index (χ2n) is 5.31. The standard InChI is InChI=1S/C13H21NO4S/c1-19(16,17)14-9-5-8-12(14)13(15)18-10-11-6-3-2-4-7-11/h2-3,11-12H,4-10H2,1H3. The molecule has 0 aromatic carbocycles. The van der Waals surface area contributed by atoms with E-state index in [0.29, 0.717) is 25.5 Å². The first-order valence-electron chi connectivity index (χ1n) is 6.77. The summed E-state index contributed by atoms with van der Waals surface area (Å²) in [5.41, 5.74) is 0. The van der Waals surface area contributed by atoms with E-state index in [1.807, 2.05) is 0 Å². The predicted molar refractivity (Wildman–Crippen MR) is 72.0 cm³/mol. The van der Waals surface area contributed by atoms with E-state index in [4.69, 9.17) is 4.74 Å². The Morgan fingerprint density at radius 3 is 2.79 bits per heavy atom. The SMILES string of the molecule is CS(=O)(=O)N1CCCC1C(=O)OCC1CC=CCC1. The molecule has 2 rings (SSSR count). The Morgan fingerprint density at radius 1 is 1.37 bits per heavy atom. The fourth-order valence-corrected chi connectivity index (χ4v) is 3.79. The lowest BCUT2D eigenvalue weighted by Gasteiger charge is -2.22. The lowest BCUT2D eigenvalue weighted by Crippen LogP contribution is -2.41. The molecule has 1 fully saturated rings. The number of rotatable bonds is 4. The average molecular weight is 287 g/mol. The minimum absolute atomic E-state index is 0.377. The van der Waals surface area contributed by atoms with Crippen molar-refractivity contribution in [1.29, 1.82) is 0 Å². The molecule has 2 atom stereocenters. The molecular formula is C13H21NO4S. The van der Waals surface area contributed by atoms with E-state index in [0.717, 1.165) is 31.9 Å². The molecule has 0 saturated carbocycles. The quantitative estimate of drug-likeness (QED) is 0.578. The first kappa shape index (κ1) is 14.5. The molecule has 19 heavy (non-hydrogen) atoms. The van der Waals surface area contributed by atoms with Crippen molar-refractivity contribution in [3.63, 3.8) is 0 Å². The van der Waals surface area contributed by atoms with Gasteiger partial charge in [0.1, 0.15) is 6.04 Å². The van der Waals surface area contributed by atoms with Crippen LogP contribution < -0.4 is 0 Å². The highest BCUT2D eigenvalue weighted by Gasteiger charge is 2.37. The molecule has 2 unspecified atom stereocenters. The van der Waals surface area contributed by atoms with Crippen molar-refractivity contribution in [2.24, 2.45) is 5.92 Å². The summed E-state index contributed by atoms with van der Waals surface area (Å²) in [6.45, 7) is 0.821. The van der Waals surface area contributed by atoms with Crippen molar-refractivity contribution < 1.29 is 17.9 Å². The molecule has 0 radical (unpaired) electrons. The molecule has 0 N–H and O–H groups in total. The number of nitrogens with zero attached hydrogens (tertiary/aromatic N) is 1. The van der Waals surface area contributed by atoms with Crippen LogP contribution in [-0.2, 0) is 19.6 Å². The minimum atomic E-state index is -3.32. The summed E-state index contributed by atoms with van der Waals surface area (Å²) < 4.78 is 29.7. The van der Waals surface area contributed by atoms with Gasteiger partial charge in [-0.3, -0.25) is 4.79 Å². The van der Waals surface area contributed by atoms with Gasteiger partial charge in [0.2, 0.25) is 10.0 Å². The normalized spacial score (nSPS) is 28.5. The van der Waals surface area contributed by atoms with Crippen molar-refractivity contribution in [3.05, 3.63) is 12.2 Å². The zero-order chi connectivity index (χ0) is 13.9. The van der Waals surface area contributed by atoms with Gasteiger partial charge in [0, 0.05) is 6.54 Å². The van der Waals surface area contributed by atoms with Crippen LogP contribution in [0.15, 0.2) is 12.2 Å². The van der Waals surface area contributed by atoms with Gasteiger partial charge in [-0.2, -0.15) is 4.31 Å². The number of ether oxygens (including phenoxy) is 1. The monoisotopic (exact) mass is 287 g/mol. The molecule has 6 heteroatoms. The average Bonchev–Trinajstić information content (AvgIpc) is 2.86. The van der Waals surface area contributed by atoms with Crippen molar-refractivity contribution in [3.8, 4) is 0 Å². The zero-order valence-corrected chi connectivity index (χ0v) is 12.1. The summed E-state index contributed by atoms with van der Waals surface area (Å²) in [6.07, 6.45) is 9.68. The number of esters is 1. The third-order valence-electron chi connectivity index (χ3n) is 3.74. The fraction of sp³-hybridized carbons (Fsp3) is 0.769. The molecule has 5 nitrogen and oxygen atoms in total. The number of allylic oxidation sites excluding steroid dienone is 2. The Hall–Kier alpha value is -0.880. The molecule has 0 aromatic rings. The topological polar surface area (TPSA) is 63.7 Å². The summed E-state index contributed by atoms with van der Waals surface area (Å²) in [4.78, 5) is 12.0. The van der Waals surface area contributed by atoms with E-state index >= 15 is 0 Å². The molecule has 2 aliphatic rings. The summed E-state index contributed by atoms with van der Waals surface area (Å²) >= 11 is 0. The lowest BCUT2D eigenvalue weighted by atomic mass is 9.95. The predicted octanol–water partition coefficient (Wildman–Crippen LogP) is 1.31. The number of carbonyl (C=O) groups is 1. The molecule has 1 saturated heterocycles. The minimum Gasteiger partial charge on any atom is -0.464 e. The maximum absolute atomic E-state index is 12.0. The molecular weight excluding hydrogens is 266 g/mol. The van der Waals surface area contributed by atoms with E-state index in [1.165, 1.54) is 4.31 Å². The molecule has 1 aliphatic carbocycles. The largest absolute Gasteiger partial charge is 0.464 e. The first-order chi connectivity index (χ1) is 8.98. The summed E-state index contributed by atoms with van der Waals surface area (Å²) in [7, 11) is -3.32. The third kappa shape index (κ3) is 3.79. The van der Waals surface area contributed by atoms with E-state index in [9.17, 15) is 13.2 Å². The van der Waals surface area contributed by atoms with Crippen molar-refractivity contribution in [2.45, 2.75) is 38.1 Å². The second-order valence-corrected chi connectivity index (χ2v) is 7.25. The molecule has 1 heterocycles. The van der Waals surface area contributed by atoms with E-state index in [-0.39, 0.29) is 0 Å². The highest BCUT2D eigenvalue weighted by molar-refractivity contribution is 7.88. The lowest BCUT2D eigenvalue weighted by molar-refractivity contribution is -0.148. The van der Waals surface area contributed by atoms with Gasteiger partial charge in [0.25, 0.3) is 0 Å². The molecule has 1 aliphatic heterocycles. The first-order valence-corrected chi connectivity index (χ1v) is 8.62. The Balaban J connectivity index is 1.87. The van der Waals surface area contributed by atoms with Crippen molar-refractivity contribution in [1.82, 2.24) is 4.31 Å². The third-order valence-corrected chi connectivity index (χ3v) is 5.03. The van der Waals surface area contributed by atoms with Gasteiger partial charge in [-0.05, 0) is 38.0 Å². The van der Waals surface area contributed by atoms with Crippen LogP contribution in [0.4, 0.5) is 0 Å². The highest BCUT2D eigenvalue weighted by atomic mass is 32.2. The second kappa shape index (κ2) is 6.05. The van der Waals surface area contributed by atoms with Gasteiger partial charge in [0.05, 0.1) is 12.9 Å².